The van der Waals surface area contributed by atoms with Gasteiger partial charge >= 0.3 is 6.03 Å². The molecular weight excluding hydrogens is 212 g/mol. The average Bonchev–Trinajstić information content (AvgIpc) is 2.71. The number of primary amides is 1. The number of hydrogen-bond donors (Lipinski definition) is 2. The zero-order chi connectivity index (χ0) is 11.4. The summed E-state index contributed by atoms with van der Waals surface area (Å²) in [5.41, 5.74) is 4.90. The maximum atomic E-state index is 10.4. The van der Waals surface area contributed by atoms with E-state index in [1.165, 1.54) is 0 Å². The van der Waals surface area contributed by atoms with Crippen LogP contribution in [0.1, 0.15) is 0 Å². The molecule has 0 aromatic heterocycles. The molecule has 0 spiro atoms. The van der Waals surface area contributed by atoms with Crippen molar-refractivity contribution in [3.8, 4) is 17.2 Å². The first-order valence-corrected chi connectivity index (χ1v) is 4.81. The van der Waals surface area contributed by atoms with Gasteiger partial charge in [-0.15, -0.1) is 0 Å². The molecule has 0 aliphatic carbocycles. The number of carbonyl (C=O) groups excluding carboxylic acids is 1. The number of nitrogens with one attached hydrogen (secondary N) is 1. The second-order valence-corrected chi connectivity index (χ2v) is 3.15. The normalized spacial score (nSPS) is 12.2. The van der Waals surface area contributed by atoms with Crippen LogP contribution >= 0.6 is 0 Å². The highest BCUT2D eigenvalue weighted by atomic mass is 16.7. The Hall–Kier alpha value is -2.11. The molecule has 6 heteroatoms. The SMILES string of the molecule is NC(=O)NCCOc1ccc2c(c1)OCO2. The number of ether oxygens (including phenoxy) is 3. The van der Waals surface area contributed by atoms with Crippen LogP contribution in [0, 0.1) is 0 Å². The van der Waals surface area contributed by atoms with E-state index in [1.807, 2.05) is 0 Å². The van der Waals surface area contributed by atoms with Crippen LogP contribution < -0.4 is 25.3 Å². The van der Waals surface area contributed by atoms with Gasteiger partial charge in [-0.2, -0.15) is 0 Å². The summed E-state index contributed by atoms with van der Waals surface area (Å²) in [6, 6.07) is 4.73. The van der Waals surface area contributed by atoms with E-state index in [0.717, 1.165) is 0 Å². The third kappa shape index (κ3) is 2.47. The maximum Gasteiger partial charge on any atom is 0.312 e. The van der Waals surface area contributed by atoms with Gasteiger partial charge < -0.3 is 25.3 Å². The molecule has 2 amide bonds. The Morgan fingerprint density at radius 3 is 3.06 bits per heavy atom. The quantitative estimate of drug-likeness (QED) is 0.728. The standard InChI is InChI=1S/C10H12N2O4/c11-10(13)12-3-4-14-7-1-2-8-9(5-7)16-6-15-8/h1-2,5H,3-4,6H2,(H3,11,12,13). The topological polar surface area (TPSA) is 82.8 Å². The van der Waals surface area contributed by atoms with Crippen molar-refractivity contribution in [1.29, 1.82) is 0 Å². The van der Waals surface area contributed by atoms with E-state index in [2.05, 4.69) is 5.32 Å². The highest BCUT2D eigenvalue weighted by Crippen LogP contribution is 2.34. The van der Waals surface area contributed by atoms with E-state index in [9.17, 15) is 4.79 Å². The van der Waals surface area contributed by atoms with Crippen molar-refractivity contribution in [2.75, 3.05) is 19.9 Å². The van der Waals surface area contributed by atoms with Gasteiger partial charge in [0.2, 0.25) is 6.79 Å². The molecule has 0 fully saturated rings. The summed E-state index contributed by atoms with van der Waals surface area (Å²) >= 11 is 0. The molecule has 1 aliphatic heterocycles. The minimum absolute atomic E-state index is 0.238. The van der Waals surface area contributed by atoms with Crippen molar-refractivity contribution in [2.45, 2.75) is 0 Å². The molecule has 0 saturated carbocycles. The highest BCUT2D eigenvalue weighted by Gasteiger charge is 2.13. The maximum absolute atomic E-state index is 10.4. The van der Waals surface area contributed by atoms with Crippen LogP contribution in [0.5, 0.6) is 17.2 Å². The van der Waals surface area contributed by atoms with Crippen LogP contribution in [0.2, 0.25) is 0 Å². The van der Waals surface area contributed by atoms with Gasteiger partial charge in [-0.3, -0.25) is 0 Å². The van der Waals surface area contributed by atoms with E-state index >= 15 is 0 Å². The summed E-state index contributed by atoms with van der Waals surface area (Å²) in [5.74, 6) is 2.04. The van der Waals surface area contributed by atoms with Crippen molar-refractivity contribution < 1.29 is 19.0 Å². The van der Waals surface area contributed by atoms with Gasteiger partial charge in [-0.1, -0.05) is 0 Å². The van der Waals surface area contributed by atoms with E-state index in [1.54, 1.807) is 18.2 Å². The van der Waals surface area contributed by atoms with E-state index < -0.39 is 6.03 Å². The van der Waals surface area contributed by atoms with Crippen molar-refractivity contribution in [1.82, 2.24) is 5.32 Å². The number of rotatable bonds is 4. The summed E-state index contributed by atoms with van der Waals surface area (Å²) in [6.45, 7) is 0.953. The lowest BCUT2D eigenvalue weighted by Gasteiger charge is -2.06. The van der Waals surface area contributed by atoms with Crippen molar-refractivity contribution in [2.24, 2.45) is 5.73 Å². The van der Waals surface area contributed by atoms with Gasteiger partial charge in [0, 0.05) is 6.07 Å². The predicted molar refractivity (Wildman–Crippen MR) is 55.6 cm³/mol. The third-order valence-corrected chi connectivity index (χ3v) is 2.01. The summed E-state index contributed by atoms with van der Waals surface area (Å²) in [6.07, 6.45) is 0. The van der Waals surface area contributed by atoms with Crippen molar-refractivity contribution in [3.63, 3.8) is 0 Å². The Labute approximate surface area is 92.3 Å². The minimum Gasteiger partial charge on any atom is -0.492 e. The Morgan fingerprint density at radius 1 is 1.44 bits per heavy atom. The molecule has 2 rings (SSSR count). The van der Waals surface area contributed by atoms with E-state index in [4.69, 9.17) is 19.9 Å². The molecule has 0 unspecified atom stereocenters. The largest absolute Gasteiger partial charge is 0.492 e. The fourth-order valence-corrected chi connectivity index (χ4v) is 1.31. The molecule has 1 aromatic rings. The average molecular weight is 224 g/mol. The lowest BCUT2D eigenvalue weighted by atomic mass is 10.3. The molecule has 0 saturated heterocycles. The molecule has 1 aromatic carbocycles. The van der Waals surface area contributed by atoms with Crippen LogP contribution in [0.4, 0.5) is 4.79 Å². The van der Waals surface area contributed by atoms with Gasteiger partial charge in [-0.25, -0.2) is 4.79 Å². The van der Waals surface area contributed by atoms with Crippen LogP contribution in [0.3, 0.4) is 0 Å². The van der Waals surface area contributed by atoms with Gasteiger partial charge in [0.05, 0.1) is 6.54 Å². The monoisotopic (exact) mass is 224 g/mol. The lowest BCUT2D eigenvalue weighted by Crippen LogP contribution is -2.32. The fraction of sp³-hybridized carbons (Fsp3) is 0.300. The molecule has 16 heavy (non-hydrogen) atoms. The first-order chi connectivity index (χ1) is 7.75. The Bertz CT molecular complexity index is 394. The lowest BCUT2D eigenvalue weighted by molar-refractivity contribution is 0.173. The molecule has 6 nitrogen and oxygen atoms in total. The zero-order valence-corrected chi connectivity index (χ0v) is 8.56. The minimum atomic E-state index is -0.561. The number of hydrogen-bond acceptors (Lipinski definition) is 4. The predicted octanol–water partition coefficient (Wildman–Crippen LogP) is 0.462. The van der Waals surface area contributed by atoms with E-state index in [0.29, 0.717) is 30.4 Å². The molecular formula is C10H12N2O4. The number of fused-ring (bicyclic) bond motifs is 1. The van der Waals surface area contributed by atoms with Crippen LogP contribution in [-0.4, -0.2) is 26.0 Å². The number of benzene rings is 1. The smallest absolute Gasteiger partial charge is 0.312 e. The summed E-state index contributed by atoms with van der Waals surface area (Å²) in [4.78, 5) is 10.4. The number of carbonyl (C=O) groups is 1. The number of nitrogens with two attached hydrogens (primary N) is 1. The first-order valence-electron chi connectivity index (χ1n) is 4.81. The van der Waals surface area contributed by atoms with Crippen LogP contribution in [0.15, 0.2) is 18.2 Å². The van der Waals surface area contributed by atoms with Crippen molar-refractivity contribution in [3.05, 3.63) is 18.2 Å². The van der Waals surface area contributed by atoms with Gasteiger partial charge in [0.1, 0.15) is 12.4 Å². The molecule has 1 aliphatic rings. The fourth-order valence-electron chi connectivity index (χ4n) is 1.31. The van der Waals surface area contributed by atoms with Gasteiger partial charge in [0.15, 0.2) is 11.5 Å². The zero-order valence-electron chi connectivity index (χ0n) is 8.56. The highest BCUT2D eigenvalue weighted by molar-refractivity contribution is 5.71. The molecule has 0 atom stereocenters. The Balaban J connectivity index is 1.83. The second-order valence-electron chi connectivity index (χ2n) is 3.15. The summed E-state index contributed by atoms with van der Waals surface area (Å²) in [7, 11) is 0. The molecule has 86 valence electrons. The first kappa shape index (κ1) is 10.4. The number of urea groups is 1. The molecule has 3 N–H and O–H groups in total. The van der Waals surface area contributed by atoms with Gasteiger partial charge in [-0.05, 0) is 12.1 Å². The van der Waals surface area contributed by atoms with Crippen LogP contribution in [-0.2, 0) is 0 Å². The molecule has 0 bridgehead atoms. The van der Waals surface area contributed by atoms with E-state index in [-0.39, 0.29) is 6.79 Å². The van der Waals surface area contributed by atoms with Crippen LogP contribution in [0.25, 0.3) is 0 Å². The Kier molecular flexibility index (Phi) is 3.00. The summed E-state index contributed by atoms with van der Waals surface area (Å²) in [5, 5.41) is 2.43. The second kappa shape index (κ2) is 4.61. The molecule has 1 heterocycles. The van der Waals surface area contributed by atoms with Crippen molar-refractivity contribution >= 4 is 6.03 Å². The molecule has 0 radical (unpaired) electrons. The Morgan fingerprint density at radius 2 is 2.25 bits per heavy atom. The number of amides is 2. The third-order valence-electron chi connectivity index (χ3n) is 2.01. The summed E-state index contributed by atoms with van der Waals surface area (Å²) < 4.78 is 15.7. The van der Waals surface area contributed by atoms with Gasteiger partial charge in [0.25, 0.3) is 0 Å².